The van der Waals surface area contributed by atoms with E-state index in [4.69, 9.17) is 4.74 Å². The fraction of sp³-hybridized carbons (Fsp3) is 0.286. The van der Waals surface area contributed by atoms with Crippen molar-refractivity contribution in [3.63, 3.8) is 0 Å². The summed E-state index contributed by atoms with van der Waals surface area (Å²) >= 11 is 0. The number of halogens is 4. The van der Waals surface area contributed by atoms with E-state index in [1.165, 1.54) is 41.7 Å². The summed E-state index contributed by atoms with van der Waals surface area (Å²) in [6, 6.07) is 10.1. The zero-order valence-electron chi connectivity index (χ0n) is 22.8. The number of quaternary nitrogens is 1. The van der Waals surface area contributed by atoms with Gasteiger partial charge in [0.15, 0.2) is 0 Å². The molecule has 3 aromatic rings. The number of benzene rings is 2. The van der Waals surface area contributed by atoms with Crippen molar-refractivity contribution in [1.82, 2.24) is 14.8 Å². The number of hydrogen-bond acceptors (Lipinski definition) is 6. The lowest BCUT2D eigenvalue weighted by Gasteiger charge is -2.35. The van der Waals surface area contributed by atoms with E-state index in [0.717, 1.165) is 12.1 Å². The highest BCUT2D eigenvalue weighted by molar-refractivity contribution is 5.93. The predicted octanol–water partition coefficient (Wildman–Crippen LogP) is 0.712. The van der Waals surface area contributed by atoms with E-state index in [9.17, 15) is 28.0 Å². The van der Waals surface area contributed by atoms with Gasteiger partial charge in [0.05, 0.1) is 51.0 Å². The van der Waals surface area contributed by atoms with E-state index >= 15 is 0 Å². The van der Waals surface area contributed by atoms with Crippen molar-refractivity contribution in [3.8, 4) is 17.9 Å². The van der Waals surface area contributed by atoms with Crippen LogP contribution >= 0.6 is 0 Å². The zero-order chi connectivity index (χ0) is 29.4. The number of H-pyrrole nitrogens is 1. The molecule has 1 aliphatic heterocycles. The van der Waals surface area contributed by atoms with Crippen LogP contribution in [0.4, 0.5) is 24.8 Å². The standard InChI is InChI=1S/C28H25F3N6O3.HI/c1-17-23(25(38)40-5)24(22-12-11-18(16-32)14-19(22)8-7-13-37(2,3)4)36-26(33-34-27(36)39)35(17)21-10-6-9-20(15-21)28(29,30)31;/h6,9-12,14-15,24H,13H2,1-5H3;1H. The lowest BCUT2D eigenvalue weighted by atomic mass is 9.90. The van der Waals surface area contributed by atoms with Crippen LogP contribution < -0.4 is 34.6 Å². The monoisotopic (exact) mass is 678 g/mol. The van der Waals surface area contributed by atoms with Crippen molar-refractivity contribution in [3.05, 3.63) is 86.5 Å². The Bertz CT molecular complexity index is 1680. The zero-order valence-corrected chi connectivity index (χ0v) is 25.0. The van der Waals surface area contributed by atoms with Gasteiger partial charge in [-0.05, 0) is 48.7 Å². The van der Waals surface area contributed by atoms with Crippen molar-refractivity contribution < 1.29 is 51.2 Å². The number of anilines is 2. The number of rotatable bonds is 4. The Morgan fingerprint density at radius 2 is 1.90 bits per heavy atom. The summed E-state index contributed by atoms with van der Waals surface area (Å²) in [7, 11) is 7.05. The van der Waals surface area contributed by atoms with Crippen molar-refractivity contribution in [2.75, 3.05) is 39.7 Å². The van der Waals surface area contributed by atoms with Gasteiger partial charge in [-0.15, -0.1) is 5.10 Å². The molecule has 214 valence electrons. The number of fused-ring (bicyclic) bond motifs is 1. The van der Waals surface area contributed by atoms with Crippen LogP contribution in [-0.2, 0) is 15.7 Å². The first kappa shape index (κ1) is 31.4. The second kappa shape index (κ2) is 11.8. The Morgan fingerprint density at radius 1 is 1.20 bits per heavy atom. The third-order valence-electron chi connectivity index (χ3n) is 6.23. The molecule has 0 fully saturated rings. The quantitative estimate of drug-likeness (QED) is 0.189. The number of nitrogens with one attached hydrogen (secondary N) is 1. The summed E-state index contributed by atoms with van der Waals surface area (Å²) in [6.45, 7) is 2.01. The number of carbonyl (C=O) groups is 1. The molecule has 13 heteroatoms. The largest absolute Gasteiger partial charge is 1.00 e. The number of nitrogens with zero attached hydrogens (tertiary/aromatic N) is 5. The van der Waals surface area contributed by atoms with Gasteiger partial charge in [-0.1, -0.05) is 18.1 Å². The first-order valence-electron chi connectivity index (χ1n) is 12.0. The van der Waals surface area contributed by atoms with Crippen molar-refractivity contribution in [1.29, 1.82) is 5.26 Å². The summed E-state index contributed by atoms with van der Waals surface area (Å²) in [4.78, 5) is 27.7. The Labute approximate surface area is 251 Å². The summed E-state index contributed by atoms with van der Waals surface area (Å²) in [5.41, 5.74) is -0.242. The van der Waals surface area contributed by atoms with Crippen molar-refractivity contribution in [2.24, 2.45) is 0 Å². The fourth-order valence-electron chi connectivity index (χ4n) is 4.42. The molecule has 1 N–H and O–H groups in total. The molecule has 9 nitrogen and oxygen atoms in total. The van der Waals surface area contributed by atoms with Crippen LogP contribution in [0.3, 0.4) is 0 Å². The van der Waals surface area contributed by atoms with Gasteiger partial charge in [-0.3, -0.25) is 4.90 Å². The second-order valence-electron chi connectivity index (χ2n) is 10.1. The maximum Gasteiger partial charge on any atom is 0.416 e. The highest BCUT2D eigenvalue weighted by Crippen LogP contribution is 2.43. The SMILES string of the molecule is COC(=O)C1=C(C)N(c2cccc(C(F)(F)F)c2)c2n[nH]c(=O)n2C1c1ccc(C#N)cc1C#CC[N+](C)(C)C.[I-]. The number of aromatic nitrogens is 3. The molecule has 41 heavy (non-hydrogen) atoms. The van der Waals surface area contributed by atoms with E-state index in [1.807, 2.05) is 21.1 Å². The lowest BCUT2D eigenvalue weighted by molar-refractivity contribution is -0.862. The molecular formula is C28H26F3IN6O3. The average molecular weight is 678 g/mol. The minimum atomic E-state index is -4.62. The van der Waals surface area contributed by atoms with E-state index in [1.54, 1.807) is 12.1 Å². The van der Waals surface area contributed by atoms with Crippen LogP contribution in [0.5, 0.6) is 0 Å². The van der Waals surface area contributed by atoms with Crippen LogP contribution in [-0.4, -0.2) is 60.0 Å². The Hall–Kier alpha value is -4.08. The topological polar surface area (TPSA) is 104 Å². The molecule has 1 atom stereocenters. The summed E-state index contributed by atoms with van der Waals surface area (Å²) in [5.74, 6) is 5.32. The maximum absolute atomic E-state index is 13.5. The lowest BCUT2D eigenvalue weighted by Crippen LogP contribution is -3.00. The van der Waals surface area contributed by atoms with E-state index in [2.05, 4.69) is 28.1 Å². The van der Waals surface area contributed by atoms with E-state index in [0.29, 0.717) is 27.7 Å². The Kier molecular flexibility index (Phi) is 9.05. The molecule has 2 aromatic carbocycles. The minimum absolute atomic E-state index is 0. The van der Waals surface area contributed by atoms with Gasteiger partial charge in [0.25, 0.3) is 0 Å². The van der Waals surface area contributed by atoms with Crippen LogP contribution in [0.25, 0.3) is 0 Å². The van der Waals surface area contributed by atoms with Gasteiger partial charge in [-0.2, -0.15) is 18.4 Å². The number of aromatic amines is 1. The molecule has 4 rings (SSSR count). The van der Waals surface area contributed by atoms with Gasteiger partial charge in [0.1, 0.15) is 12.6 Å². The molecule has 1 unspecified atom stereocenters. The minimum Gasteiger partial charge on any atom is -1.00 e. The molecule has 0 aliphatic carbocycles. The van der Waals surface area contributed by atoms with Crippen molar-refractivity contribution >= 4 is 17.6 Å². The summed E-state index contributed by atoms with van der Waals surface area (Å²) in [5, 5.41) is 16.0. The smallest absolute Gasteiger partial charge is 0.416 e. The normalized spacial score (nSPS) is 14.8. The third-order valence-corrected chi connectivity index (χ3v) is 6.23. The number of hydrogen-bond donors (Lipinski definition) is 1. The van der Waals surface area contributed by atoms with Crippen LogP contribution in [0.15, 0.2) is 58.5 Å². The van der Waals surface area contributed by atoms with E-state index < -0.39 is 29.4 Å². The maximum atomic E-state index is 13.5. The highest BCUT2D eigenvalue weighted by Gasteiger charge is 2.41. The van der Waals surface area contributed by atoms with Crippen molar-refractivity contribution in [2.45, 2.75) is 19.1 Å². The molecule has 0 bridgehead atoms. The molecule has 1 aromatic heterocycles. The highest BCUT2D eigenvalue weighted by atomic mass is 127. The first-order chi connectivity index (χ1) is 18.8. The van der Waals surface area contributed by atoms with E-state index in [-0.39, 0.29) is 46.9 Å². The first-order valence-corrected chi connectivity index (χ1v) is 12.0. The van der Waals surface area contributed by atoms with Gasteiger partial charge >= 0.3 is 17.8 Å². The fourth-order valence-corrected chi connectivity index (χ4v) is 4.42. The molecule has 0 amide bonds. The summed E-state index contributed by atoms with van der Waals surface area (Å²) in [6.07, 6.45) is -4.62. The number of ether oxygens (including phenoxy) is 1. The Balaban J connectivity index is 0.00000462. The summed E-state index contributed by atoms with van der Waals surface area (Å²) < 4.78 is 47.4. The molecule has 0 saturated carbocycles. The van der Waals surface area contributed by atoms with Crippen LogP contribution in [0, 0.1) is 23.2 Å². The average Bonchev–Trinajstić information content (AvgIpc) is 3.27. The number of carbonyl (C=O) groups excluding carboxylic acids is 1. The molecule has 0 radical (unpaired) electrons. The van der Waals surface area contributed by atoms with Crippen LogP contribution in [0.2, 0.25) is 0 Å². The van der Waals surface area contributed by atoms with Gasteiger partial charge < -0.3 is 33.2 Å². The van der Waals surface area contributed by atoms with Gasteiger partial charge in [0, 0.05) is 16.9 Å². The number of methoxy groups -OCH3 is 1. The number of allylic oxidation sites excluding steroid dienone is 1. The second-order valence-corrected chi connectivity index (χ2v) is 10.1. The van der Waals surface area contributed by atoms with Gasteiger partial charge in [0.2, 0.25) is 5.95 Å². The molecular weight excluding hydrogens is 652 g/mol. The molecule has 1 aliphatic rings. The molecule has 0 spiro atoms. The molecule has 0 saturated heterocycles. The van der Waals surface area contributed by atoms with Crippen LogP contribution in [0.1, 0.15) is 35.2 Å². The number of esters is 1. The third kappa shape index (κ3) is 6.31. The number of nitriles is 1. The van der Waals surface area contributed by atoms with Gasteiger partial charge in [-0.25, -0.2) is 19.3 Å². The molecule has 2 heterocycles. The Morgan fingerprint density at radius 3 is 2.51 bits per heavy atom. The predicted molar refractivity (Wildman–Crippen MR) is 140 cm³/mol. The number of alkyl halides is 3.